The third kappa shape index (κ3) is 36.8. The van der Waals surface area contributed by atoms with Crippen LogP contribution in [-0.4, -0.2) is 65.7 Å². The fourth-order valence-electron chi connectivity index (χ4n) is 5.69. The molecule has 3 atom stereocenters. The number of carbonyl (C=O) groups excluding carboxylic acids is 2. The van der Waals surface area contributed by atoms with E-state index in [1.54, 1.807) is 0 Å². The number of ether oxygens (including phenoxy) is 2. The Kier molecular flexibility index (Phi) is 36.1. The minimum Gasteiger partial charge on any atom is -0.462 e. The maximum atomic E-state index is 12.6. The second-order valence-corrected chi connectivity index (χ2v) is 15.5. The number of hydrogen-bond acceptors (Lipinski definition) is 9. The number of rotatable bonds is 39. The van der Waals surface area contributed by atoms with Crippen molar-refractivity contribution in [3.05, 3.63) is 12.2 Å². The van der Waals surface area contributed by atoms with Gasteiger partial charge in [0.2, 0.25) is 0 Å². The molecule has 3 N–H and O–H groups in total. The third-order valence-electron chi connectivity index (χ3n) is 8.92. The number of carbonyl (C=O) groups is 2. The third-order valence-corrected chi connectivity index (χ3v) is 9.87. The molecule has 302 valence electrons. The first kappa shape index (κ1) is 49.7. The van der Waals surface area contributed by atoms with Crippen LogP contribution < -0.4 is 0 Å². The summed E-state index contributed by atoms with van der Waals surface area (Å²) >= 11 is 0. The molecule has 0 aliphatic rings. The van der Waals surface area contributed by atoms with E-state index < -0.39 is 51.8 Å². The second kappa shape index (κ2) is 37.0. The summed E-state index contributed by atoms with van der Waals surface area (Å²) in [7, 11) is -4.61. The second-order valence-electron chi connectivity index (χ2n) is 14.0. The smallest absolute Gasteiger partial charge is 0.462 e. The molecule has 0 bridgehead atoms. The predicted molar refractivity (Wildman–Crippen MR) is 205 cm³/mol. The first-order valence-electron chi connectivity index (χ1n) is 20.6. The number of hydrogen-bond donors (Lipinski definition) is 3. The van der Waals surface area contributed by atoms with Crippen LogP contribution in [0, 0.1) is 0 Å². The van der Waals surface area contributed by atoms with Crippen molar-refractivity contribution in [3.8, 4) is 0 Å². The van der Waals surface area contributed by atoms with E-state index in [2.05, 4.69) is 30.5 Å². The normalized spacial score (nSPS) is 14.1. The Balaban J connectivity index is 4.31. The lowest BCUT2D eigenvalue weighted by molar-refractivity contribution is -0.161. The zero-order valence-electron chi connectivity index (χ0n) is 32.6. The number of aliphatic hydroxyl groups is 2. The first-order valence-corrected chi connectivity index (χ1v) is 22.1. The molecule has 0 aliphatic heterocycles. The van der Waals surface area contributed by atoms with Crippen LogP contribution in [0.4, 0.5) is 0 Å². The van der Waals surface area contributed by atoms with E-state index in [1.165, 1.54) is 96.3 Å². The van der Waals surface area contributed by atoms with Gasteiger partial charge in [-0.1, -0.05) is 154 Å². The van der Waals surface area contributed by atoms with Crippen LogP contribution in [0.5, 0.6) is 0 Å². The van der Waals surface area contributed by atoms with Gasteiger partial charge in [-0.3, -0.25) is 18.6 Å². The maximum absolute atomic E-state index is 12.6. The van der Waals surface area contributed by atoms with Gasteiger partial charge in [-0.2, -0.15) is 0 Å². The van der Waals surface area contributed by atoms with Crippen LogP contribution in [0.2, 0.25) is 0 Å². The molecule has 0 rings (SSSR count). The summed E-state index contributed by atoms with van der Waals surface area (Å²) in [6.07, 6.45) is 33.2. The van der Waals surface area contributed by atoms with Gasteiger partial charge in [0.25, 0.3) is 0 Å². The van der Waals surface area contributed by atoms with E-state index in [1.807, 2.05) is 0 Å². The minimum atomic E-state index is -4.61. The van der Waals surface area contributed by atoms with Crippen molar-refractivity contribution < 1.29 is 47.8 Å². The minimum absolute atomic E-state index is 0.188. The highest BCUT2D eigenvalue weighted by atomic mass is 31.2. The number of esters is 2. The van der Waals surface area contributed by atoms with Gasteiger partial charge in [0.05, 0.1) is 19.8 Å². The fraction of sp³-hybridized carbons (Fsp3) is 0.900. The molecule has 0 aromatic rings. The van der Waals surface area contributed by atoms with Crippen molar-refractivity contribution in [1.29, 1.82) is 0 Å². The van der Waals surface area contributed by atoms with Gasteiger partial charge in [-0.15, -0.1) is 0 Å². The molecule has 0 radical (unpaired) electrons. The van der Waals surface area contributed by atoms with E-state index in [-0.39, 0.29) is 19.4 Å². The lowest BCUT2D eigenvalue weighted by Gasteiger charge is -2.20. The molecule has 51 heavy (non-hydrogen) atoms. The quantitative estimate of drug-likeness (QED) is 0.0240. The SMILES string of the molecule is CCCCCC/C=C/CCCCCCCC(=O)OC[C@H](COP(=O)(O)OC[C@@H](O)CO)OC(=O)CCCCCCCCCCCCCCCCC. The van der Waals surface area contributed by atoms with Gasteiger partial charge in [-0.05, 0) is 38.5 Å². The van der Waals surface area contributed by atoms with Crippen molar-refractivity contribution >= 4 is 19.8 Å². The van der Waals surface area contributed by atoms with Crippen LogP contribution >= 0.6 is 7.82 Å². The molecule has 0 fully saturated rings. The standard InChI is InChI=1S/C40H77O10P/c1-3-5-7-9-11-13-15-17-18-20-22-24-26-28-30-32-40(44)50-38(36-49-51(45,46)48-34-37(42)33-41)35-47-39(43)31-29-27-25-23-21-19-16-14-12-10-8-6-4-2/h14,16,37-38,41-42H,3-13,15,17-36H2,1-2H3,(H,45,46)/b16-14+/t37-,38+/m0/s1. The summed E-state index contributed by atoms with van der Waals surface area (Å²) in [6, 6.07) is 0. The summed E-state index contributed by atoms with van der Waals surface area (Å²) in [5.74, 6) is -0.927. The highest BCUT2D eigenvalue weighted by Gasteiger charge is 2.27. The zero-order valence-corrected chi connectivity index (χ0v) is 33.5. The van der Waals surface area contributed by atoms with E-state index in [0.29, 0.717) is 12.8 Å². The predicted octanol–water partition coefficient (Wildman–Crippen LogP) is 10.4. The lowest BCUT2D eigenvalue weighted by Crippen LogP contribution is -2.29. The Morgan fingerprint density at radius 1 is 0.569 bits per heavy atom. The molecule has 1 unspecified atom stereocenters. The zero-order chi connectivity index (χ0) is 37.7. The fourth-order valence-corrected chi connectivity index (χ4v) is 6.48. The van der Waals surface area contributed by atoms with Crippen molar-refractivity contribution in [2.45, 2.75) is 206 Å². The van der Waals surface area contributed by atoms with E-state index in [0.717, 1.165) is 57.8 Å². The van der Waals surface area contributed by atoms with Crippen molar-refractivity contribution in [2.24, 2.45) is 0 Å². The van der Waals surface area contributed by atoms with E-state index in [4.69, 9.17) is 19.1 Å². The van der Waals surface area contributed by atoms with Crippen LogP contribution in [0.1, 0.15) is 194 Å². The molecule has 0 amide bonds. The molecule has 0 heterocycles. The molecular formula is C40H77O10P. The van der Waals surface area contributed by atoms with Crippen molar-refractivity contribution in [3.63, 3.8) is 0 Å². The summed E-state index contributed by atoms with van der Waals surface area (Å²) in [5, 5.41) is 18.3. The molecule has 0 aliphatic carbocycles. The Morgan fingerprint density at radius 3 is 1.43 bits per heavy atom. The van der Waals surface area contributed by atoms with Gasteiger partial charge in [-0.25, -0.2) is 4.57 Å². The van der Waals surface area contributed by atoms with Gasteiger partial charge in [0.15, 0.2) is 6.10 Å². The summed E-state index contributed by atoms with van der Waals surface area (Å²) in [6.45, 7) is 2.37. The first-order chi connectivity index (χ1) is 24.7. The van der Waals surface area contributed by atoms with Gasteiger partial charge < -0.3 is 24.6 Å². The highest BCUT2D eigenvalue weighted by molar-refractivity contribution is 7.47. The van der Waals surface area contributed by atoms with Crippen LogP contribution in [0.3, 0.4) is 0 Å². The molecule has 10 nitrogen and oxygen atoms in total. The Hall–Kier alpha value is -1.29. The van der Waals surface area contributed by atoms with E-state index >= 15 is 0 Å². The van der Waals surface area contributed by atoms with Crippen LogP contribution in [0.15, 0.2) is 12.2 Å². The summed E-state index contributed by atoms with van der Waals surface area (Å²) in [4.78, 5) is 34.9. The Labute approximate surface area is 311 Å². The summed E-state index contributed by atoms with van der Waals surface area (Å²) in [5.41, 5.74) is 0. The number of allylic oxidation sites excluding steroid dienone is 2. The van der Waals surface area contributed by atoms with Crippen molar-refractivity contribution in [2.75, 3.05) is 26.4 Å². The number of phosphoric acid groups is 1. The van der Waals surface area contributed by atoms with Gasteiger partial charge in [0.1, 0.15) is 12.7 Å². The van der Waals surface area contributed by atoms with Crippen LogP contribution in [-0.2, 0) is 32.7 Å². The number of unbranched alkanes of at least 4 members (excludes halogenated alkanes) is 23. The lowest BCUT2D eigenvalue weighted by atomic mass is 10.0. The molecule has 11 heteroatoms. The molecule has 0 aromatic carbocycles. The largest absolute Gasteiger partial charge is 0.472 e. The Morgan fingerprint density at radius 2 is 0.961 bits per heavy atom. The topological polar surface area (TPSA) is 149 Å². The Bertz CT molecular complexity index is 868. The molecule has 0 aromatic heterocycles. The molecule has 0 saturated heterocycles. The monoisotopic (exact) mass is 749 g/mol. The van der Waals surface area contributed by atoms with Gasteiger partial charge in [0, 0.05) is 12.8 Å². The number of phosphoric ester groups is 1. The van der Waals surface area contributed by atoms with Crippen LogP contribution in [0.25, 0.3) is 0 Å². The average molecular weight is 749 g/mol. The van der Waals surface area contributed by atoms with Gasteiger partial charge >= 0.3 is 19.8 Å². The maximum Gasteiger partial charge on any atom is 0.472 e. The number of aliphatic hydroxyl groups excluding tert-OH is 2. The van der Waals surface area contributed by atoms with E-state index in [9.17, 15) is 24.2 Å². The highest BCUT2D eigenvalue weighted by Crippen LogP contribution is 2.43. The summed E-state index contributed by atoms with van der Waals surface area (Å²) < 4.78 is 32.6. The van der Waals surface area contributed by atoms with Crippen molar-refractivity contribution in [1.82, 2.24) is 0 Å². The average Bonchev–Trinajstić information content (AvgIpc) is 3.12. The molecular weight excluding hydrogens is 671 g/mol. The molecule has 0 spiro atoms. The molecule has 0 saturated carbocycles.